The second kappa shape index (κ2) is 4.14. The van der Waals surface area contributed by atoms with Crippen molar-refractivity contribution in [2.75, 3.05) is 19.5 Å². The van der Waals surface area contributed by atoms with Gasteiger partial charge in [0.15, 0.2) is 0 Å². The van der Waals surface area contributed by atoms with Gasteiger partial charge in [0.25, 0.3) is 0 Å². The van der Waals surface area contributed by atoms with Gasteiger partial charge < -0.3 is 9.29 Å². The second-order valence-electron chi connectivity index (χ2n) is 3.91. The Morgan fingerprint density at radius 3 is 2.40 bits per heavy atom. The Hall–Kier alpha value is -0.550. The van der Waals surface area contributed by atoms with Crippen LogP contribution >= 0.6 is 10.6 Å². The van der Waals surface area contributed by atoms with Crippen LogP contribution in [0, 0.1) is 6.92 Å². The topological polar surface area (TPSA) is 41.4 Å². The van der Waals surface area contributed by atoms with Crippen molar-refractivity contribution in [3.8, 4) is 0 Å². The average molecular weight is 229 g/mol. The maximum Gasteiger partial charge on any atom is 0.133 e. The molecule has 1 heterocycles. The quantitative estimate of drug-likeness (QED) is 0.741. The first-order valence-electron chi connectivity index (χ1n) is 4.93. The molecule has 1 fully saturated rings. The van der Waals surface area contributed by atoms with Gasteiger partial charge in [-0.25, -0.2) is 4.18 Å². The highest BCUT2D eigenvalue weighted by molar-refractivity contribution is 8.24. The van der Waals surface area contributed by atoms with Crippen molar-refractivity contribution in [2.45, 2.75) is 17.9 Å². The molecule has 1 aliphatic heterocycles. The van der Waals surface area contributed by atoms with Crippen molar-refractivity contribution in [3.05, 3.63) is 29.8 Å². The lowest BCUT2D eigenvalue weighted by atomic mass is 10.2. The van der Waals surface area contributed by atoms with E-state index in [0.717, 1.165) is 4.90 Å². The molecule has 1 aromatic rings. The summed E-state index contributed by atoms with van der Waals surface area (Å²) in [7, 11) is -1.87. The molecule has 0 saturated carbocycles. The molecule has 1 unspecified atom stereocenters. The summed E-state index contributed by atoms with van der Waals surface area (Å²) in [5, 5.41) is 0. The molecule has 1 saturated heterocycles. The van der Waals surface area contributed by atoms with Crippen LogP contribution in [0.2, 0.25) is 0 Å². The van der Waals surface area contributed by atoms with Gasteiger partial charge in [0.05, 0.1) is 19.5 Å². The Kier molecular flexibility index (Phi) is 3.02. The molecule has 0 radical (unpaired) electrons. The Morgan fingerprint density at radius 1 is 1.33 bits per heavy atom. The molecule has 15 heavy (non-hydrogen) atoms. The largest absolute Gasteiger partial charge is 0.376 e. The van der Waals surface area contributed by atoms with Crippen molar-refractivity contribution < 1.29 is 13.5 Å². The van der Waals surface area contributed by atoms with Crippen LogP contribution in [0.4, 0.5) is 0 Å². The fourth-order valence-corrected chi connectivity index (χ4v) is 2.82. The summed E-state index contributed by atoms with van der Waals surface area (Å²) in [6.45, 7) is 3.31. The summed E-state index contributed by atoms with van der Waals surface area (Å²) in [6.07, 6.45) is 1.97. The molecular weight excluding hydrogens is 212 g/mol. The number of hydrogen-bond acceptors (Lipinski definition) is 2. The van der Waals surface area contributed by atoms with Crippen molar-refractivity contribution in [1.29, 1.82) is 0 Å². The molecule has 0 bridgehead atoms. The average Bonchev–Trinajstić information content (AvgIpc) is 2.13. The standard InChI is InChI=1S/C11H16O3S/c1-9-3-5-11(6-4-9)15(2,12)14-10-7-13-8-10/h3-6,10,12H,7-8H2,1-2H3/p+1. The SMILES string of the molecule is Cc1ccc(S(C)([OH2+])OC2COC2)cc1. The van der Waals surface area contributed by atoms with E-state index in [1.807, 2.05) is 37.4 Å². The van der Waals surface area contributed by atoms with Crippen molar-refractivity contribution in [2.24, 2.45) is 0 Å². The molecule has 2 rings (SSSR count). The van der Waals surface area contributed by atoms with Crippen LogP contribution in [0.5, 0.6) is 0 Å². The van der Waals surface area contributed by atoms with Gasteiger partial charge in [-0.3, -0.25) is 0 Å². The van der Waals surface area contributed by atoms with E-state index >= 15 is 0 Å². The zero-order valence-corrected chi connectivity index (χ0v) is 9.84. The van der Waals surface area contributed by atoms with Crippen LogP contribution in [0.25, 0.3) is 0 Å². The van der Waals surface area contributed by atoms with Gasteiger partial charge in [-0.15, -0.1) is 0 Å². The minimum atomic E-state index is -1.87. The minimum absolute atomic E-state index is 0.115. The fourth-order valence-electron chi connectivity index (χ4n) is 1.40. The van der Waals surface area contributed by atoms with E-state index in [1.54, 1.807) is 0 Å². The molecule has 1 atom stereocenters. The molecule has 0 aliphatic carbocycles. The molecule has 0 aromatic heterocycles. The van der Waals surface area contributed by atoms with Crippen LogP contribution in [-0.2, 0) is 8.92 Å². The van der Waals surface area contributed by atoms with Gasteiger partial charge in [0, 0.05) is 0 Å². The first-order valence-corrected chi connectivity index (χ1v) is 6.90. The maximum atomic E-state index is 8.21. The lowest BCUT2D eigenvalue weighted by Gasteiger charge is -2.36. The predicted molar refractivity (Wildman–Crippen MR) is 62.3 cm³/mol. The molecule has 2 N–H and O–H groups in total. The summed E-state index contributed by atoms with van der Waals surface area (Å²) in [6, 6.07) is 8.01. The Morgan fingerprint density at radius 2 is 1.93 bits per heavy atom. The predicted octanol–water partition coefficient (Wildman–Crippen LogP) is 1.76. The zero-order valence-electron chi connectivity index (χ0n) is 9.03. The monoisotopic (exact) mass is 229 g/mol. The summed E-state index contributed by atoms with van der Waals surface area (Å²) >= 11 is 0. The fraction of sp³-hybridized carbons (Fsp3) is 0.455. The van der Waals surface area contributed by atoms with Gasteiger partial charge in [0.2, 0.25) is 0 Å². The van der Waals surface area contributed by atoms with E-state index < -0.39 is 10.6 Å². The van der Waals surface area contributed by atoms with Crippen molar-refractivity contribution >= 4 is 10.6 Å². The third-order valence-corrected chi connectivity index (χ3v) is 4.24. The summed E-state index contributed by atoms with van der Waals surface area (Å²) in [4.78, 5) is 0.972. The summed E-state index contributed by atoms with van der Waals surface area (Å²) in [5.74, 6) is 0. The van der Waals surface area contributed by atoms with Crippen molar-refractivity contribution in [3.63, 3.8) is 0 Å². The number of benzene rings is 1. The number of hydrogen-bond donors (Lipinski definition) is 0. The van der Waals surface area contributed by atoms with Crippen LogP contribution in [0.1, 0.15) is 5.56 Å². The Bertz CT molecular complexity index is 330. The van der Waals surface area contributed by atoms with E-state index in [0.29, 0.717) is 13.2 Å². The van der Waals surface area contributed by atoms with Crippen LogP contribution < -0.4 is 0 Å². The second-order valence-corrected chi connectivity index (χ2v) is 6.26. The third-order valence-electron chi connectivity index (χ3n) is 2.41. The number of aryl methyl sites for hydroxylation is 1. The lowest BCUT2D eigenvalue weighted by molar-refractivity contribution is -0.0772. The number of ether oxygens (including phenoxy) is 1. The summed E-state index contributed by atoms with van der Waals surface area (Å²) in [5.41, 5.74) is 1.21. The lowest BCUT2D eigenvalue weighted by Crippen LogP contribution is -2.36. The van der Waals surface area contributed by atoms with Gasteiger partial charge in [-0.2, -0.15) is 0 Å². The van der Waals surface area contributed by atoms with E-state index in [9.17, 15) is 0 Å². The maximum absolute atomic E-state index is 8.21. The van der Waals surface area contributed by atoms with Crippen LogP contribution in [-0.4, -0.2) is 30.1 Å². The normalized spacial score (nSPS) is 22.9. The highest BCUT2D eigenvalue weighted by atomic mass is 32.3. The Balaban J connectivity index is 2.09. The molecule has 3 nitrogen and oxygen atoms in total. The van der Waals surface area contributed by atoms with E-state index in [4.69, 9.17) is 13.5 Å². The van der Waals surface area contributed by atoms with Gasteiger partial charge in [-0.1, -0.05) is 28.3 Å². The molecule has 84 valence electrons. The number of rotatable bonds is 3. The molecule has 1 aromatic carbocycles. The Labute approximate surface area is 91.7 Å². The van der Waals surface area contributed by atoms with Crippen LogP contribution in [0.3, 0.4) is 0 Å². The summed E-state index contributed by atoms with van der Waals surface area (Å²) < 4.78 is 19.0. The molecular formula is C11H17O3S+. The van der Waals surface area contributed by atoms with Crippen molar-refractivity contribution in [1.82, 2.24) is 0 Å². The molecule has 1 aliphatic rings. The highest BCUT2D eigenvalue weighted by Crippen LogP contribution is 2.51. The van der Waals surface area contributed by atoms with Gasteiger partial charge in [0.1, 0.15) is 11.0 Å². The third kappa shape index (κ3) is 2.52. The zero-order chi connectivity index (χ0) is 10.9. The first kappa shape index (κ1) is 11.0. The van der Waals surface area contributed by atoms with E-state index in [2.05, 4.69) is 0 Å². The van der Waals surface area contributed by atoms with E-state index in [1.165, 1.54) is 5.56 Å². The molecule has 0 spiro atoms. The molecule has 4 heteroatoms. The van der Waals surface area contributed by atoms with Crippen LogP contribution in [0.15, 0.2) is 29.2 Å². The van der Waals surface area contributed by atoms with Gasteiger partial charge >= 0.3 is 0 Å². The molecule has 0 amide bonds. The van der Waals surface area contributed by atoms with Gasteiger partial charge in [-0.05, 0) is 19.1 Å². The first-order chi connectivity index (χ1) is 7.08. The van der Waals surface area contributed by atoms with E-state index in [-0.39, 0.29) is 6.10 Å². The highest BCUT2D eigenvalue weighted by Gasteiger charge is 2.28. The minimum Gasteiger partial charge on any atom is -0.376 e. The smallest absolute Gasteiger partial charge is 0.133 e.